The molecule has 7 nitrogen and oxygen atoms in total. The zero-order chi connectivity index (χ0) is 16.9. The first-order valence-corrected chi connectivity index (χ1v) is 7.39. The van der Waals surface area contributed by atoms with Crippen LogP contribution in [0.15, 0.2) is 47.6 Å². The number of carbonyl (C=O) groups excluding carboxylic acids is 1. The van der Waals surface area contributed by atoms with Crippen LogP contribution in [0.4, 0.5) is 0 Å². The minimum absolute atomic E-state index is 0.0281. The van der Waals surface area contributed by atoms with Crippen LogP contribution in [-0.4, -0.2) is 31.7 Å². The van der Waals surface area contributed by atoms with Gasteiger partial charge in [0.2, 0.25) is 5.82 Å². The van der Waals surface area contributed by atoms with E-state index in [0.29, 0.717) is 5.78 Å². The fourth-order valence-corrected chi connectivity index (χ4v) is 2.17. The molecule has 0 atom stereocenters. The highest BCUT2D eigenvalue weighted by Gasteiger charge is 2.14. The van der Waals surface area contributed by atoms with Crippen molar-refractivity contribution < 1.29 is 4.79 Å². The molecule has 0 spiro atoms. The molecule has 7 heteroatoms. The molecule has 2 heterocycles. The number of rotatable bonds is 4. The van der Waals surface area contributed by atoms with E-state index in [9.17, 15) is 4.79 Å². The first kappa shape index (κ1) is 15.5. The molecule has 0 fully saturated rings. The van der Waals surface area contributed by atoms with E-state index in [1.54, 1.807) is 6.08 Å². The quantitative estimate of drug-likeness (QED) is 0.590. The number of benzene rings is 1. The summed E-state index contributed by atoms with van der Waals surface area (Å²) in [5.74, 6) is -0.0621. The summed E-state index contributed by atoms with van der Waals surface area (Å²) in [6, 6.07) is 11.7. The number of amides is 1. The maximum absolute atomic E-state index is 12.0. The number of allylic oxidation sites excluding steroid dienone is 1. The number of hydrogen-bond donors (Lipinski definition) is 1. The lowest BCUT2D eigenvalue weighted by Gasteiger charge is -1.97. The Morgan fingerprint density at radius 2 is 2.00 bits per heavy atom. The Hall–Kier alpha value is -3.35. The van der Waals surface area contributed by atoms with Crippen LogP contribution in [0.2, 0.25) is 0 Å². The van der Waals surface area contributed by atoms with E-state index >= 15 is 0 Å². The molecular formula is C17H16N6O. The number of carbonyl (C=O) groups is 1. The highest BCUT2D eigenvalue weighted by molar-refractivity contribution is 5.91. The van der Waals surface area contributed by atoms with Gasteiger partial charge < -0.3 is 0 Å². The molecule has 0 saturated heterocycles. The summed E-state index contributed by atoms with van der Waals surface area (Å²) in [5.41, 5.74) is 5.13. The third-order valence-electron chi connectivity index (χ3n) is 3.24. The van der Waals surface area contributed by atoms with E-state index < -0.39 is 5.91 Å². The van der Waals surface area contributed by atoms with E-state index in [2.05, 4.69) is 25.6 Å². The number of nitrogens with zero attached hydrogens (tertiary/aromatic N) is 5. The predicted octanol–water partition coefficient (Wildman–Crippen LogP) is 2.17. The fraction of sp³-hybridized carbons (Fsp3) is 0.118. The molecule has 0 aliphatic rings. The lowest BCUT2D eigenvalue weighted by molar-refractivity contribution is 0.0945. The summed E-state index contributed by atoms with van der Waals surface area (Å²) in [6.07, 6.45) is 5.12. The molecule has 1 amide bonds. The second-order valence-electron chi connectivity index (χ2n) is 5.18. The van der Waals surface area contributed by atoms with E-state index in [1.165, 1.54) is 10.7 Å². The molecule has 0 aliphatic heterocycles. The van der Waals surface area contributed by atoms with Gasteiger partial charge in [0.1, 0.15) is 0 Å². The first-order valence-electron chi connectivity index (χ1n) is 7.39. The lowest BCUT2D eigenvalue weighted by Crippen LogP contribution is -2.19. The first-order chi connectivity index (χ1) is 11.6. The molecule has 0 bridgehead atoms. The topological polar surface area (TPSA) is 84.5 Å². The highest BCUT2D eigenvalue weighted by atomic mass is 16.2. The van der Waals surface area contributed by atoms with Crippen LogP contribution in [0, 0.1) is 13.8 Å². The summed E-state index contributed by atoms with van der Waals surface area (Å²) in [5, 5.41) is 7.99. The minimum Gasteiger partial charge on any atom is -0.264 e. The van der Waals surface area contributed by atoms with Gasteiger partial charge in [-0.05, 0) is 31.6 Å². The van der Waals surface area contributed by atoms with Gasteiger partial charge in [0.25, 0.3) is 5.78 Å². The maximum Gasteiger partial charge on any atom is 0.311 e. The summed E-state index contributed by atoms with van der Waals surface area (Å²) >= 11 is 0. The Morgan fingerprint density at radius 3 is 2.79 bits per heavy atom. The summed E-state index contributed by atoms with van der Waals surface area (Å²) < 4.78 is 1.53. The third kappa shape index (κ3) is 3.52. The van der Waals surface area contributed by atoms with Crippen LogP contribution >= 0.6 is 0 Å². The smallest absolute Gasteiger partial charge is 0.264 e. The summed E-state index contributed by atoms with van der Waals surface area (Å²) in [7, 11) is 0. The summed E-state index contributed by atoms with van der Waals surface area (Å²) in [6.45, 7) is 3.75. The summed E-state index contributed by atoms with van der Waals surface area (Å²) in [4.78, 5) is 20.4. The fourth-order valence-electron chi connectivity index (χ4n) is 2.17. The molecule has 0 radical (unpaired) electrons. The molecule has 3 rings (SSSR count). The molecule has 1 aromatic carbocycles. The molecule has 0 saturated carbocycles. The second kappa shape index (κ2) is 6.82. The third-order valence-corrected chi connectivity index (χ3v) is 3.24. The van der Waals surface area contributed by atoms with E-state index in [1.807, 2.05) is 56.3 Å². The van der Waals surface area contributed by atoms with Crippen LogP contribution in [0.1, 0.15) is 27.6 Å². The maximum atomic E-state index is 12.0. The molecule has 0 unspecified atom stereocenters. The Morgan fingerprint density at radius 1 is 1.21 bits per heavy atom. The molecular weight excluding hydrogens is 304 g/mol. The van der Waals surface area contributed by atoms with Crippen LogP contribution in [0.25, 0.3) is 11.9 Å². The Kier molecular flexibility index (Phi) is 4.42. The number of fused-ring (bicyclic) bond motifs is 1. The van der Waals surface area contributed by atoms with Crippen molar-refractivity contribution in [3.8, 4) is 0 Å². The Labute approximate surface area is 138 Å². The number of nitrogens with one attached hydrogen (secondary N) is 1. The predicted molar refractivity (Wildman–Crippen MR) is 91.7 cm³/mol. The zero-order valence-corrected chi connectivity index (χ0v) is 13.3. The van der Waals surface area contributed by atoms with E-state index in [0.717, 1.165) is 17.0 Å². The number of hydrazone groups is 1. The van der Waals surface area contributed by atoms with Gasteiger partial charge in [0, 0.05) is 17.6 Å². The van der Waals surface area contributed by atoms with Crippen LogP contribution in [-0.2, 0) is 0 Å². The van der Waals surface area contributed by atoms with Crippen molar-refractivity contribution in [1.82, 2.24) is 25.0 Å². The average molecular weight is 320 g/mol. The molecule has 24 heavy (non-hydrogen) atoms. The van der Waals surface area contributed by atoms with Gasteiger partial charge in [-0.3, -0.25) is 4.79 Å². The van der Waals surface area contributed by atoms with E-state index in [-0.39, 0.29) is 5.82 Å². The average Bonchev–Trinajstić information content (AvgIpc) is 3.00. The van der Waals surface area contributed by atoms with Gasteiger partial charge in [0.05, 0.1) is 0 Å². The second-order valence-corrected chi connectivity index (χ2v) is 5.18. The number of aryl methyl sites for hydroxylation is 2. The molecule has 120 valence electrons. The van der Waals surface area contributed by atoms with Gasteiger partial charge >= 0.3 is 5.91 Å². The van der Waals surface area contributed by atoms with Crippen LogP contribution < -0.4 is 5.43 Å². The van der Waals surface area contributed by atoms with Crippen molar-refractivity contribution in [2.75, 3.05) is 0 Å². The molecule has 0 aliphatic carbocycles. The van der Waals surface area contributed by atoms with Crippen molar-refractivity contribution in [3.05, 3.63) is 65.2 Å². The zero-order valence-electron chi connectivity index (χ0n) is 13.3. The van der Waals surface area contributed by atoms with Gasteiger partial charge in [-0.25, -0.2) is 14.9 Å². The molecule has 1 N–H and O–H groups in total. The highest BCUT2D eigenvalue weighted by Crippen LogP contribution is 2.05. The minimum atomic E-state index is -0.484. The SMILES string of the molecule is Cc1cc(C)n2nc(C(=O)NN=C/C=C/c3ccccc3)nc2n1. The Bertz CT molecular complexity index is 927. The monoisotopic (exact) mass is 320 g/mol. The van der Waals surface area contributed by atoms with Gasteiger partial charge in [-0.1, -0.05) is 36.4 Å². The standard InChI is InChI=1S/C17H16N6O/c1-12-11-13(2)23-17(19-12)20-15(22-23)16(24)21-18-10-6-9-14-7-4-3-5-8-14/h3-11H,1-2H3,(H,21,24)/b9-6+,18-10?. The van der Waals surface area contributed by atoms with Crippen molar-refractivity contribution in [2.24, 2.45) is 5.10 Å². The largest absolute Gasteiger partial charge is 0.311 e. The molecule has 3 aromatic rings. The van der Waals surface area contributed by atoms with Crippen LogP contribution in [0.3, 0.4) is 0 Å². The Balaban J connectivity index is 1.66. The normalized spacial score (nSPS) is 11.6. The van der Waals surface area contributed by atoms with Crippen molar-refractivity contribution in [3.63, 3.8) is 0 Å². The van der Waals surface area contributed by atoms with Gasteiger partial charge in [-0.2, -0.15) is 10.1 Å². The van der Waals surface area contributed by atoms with Crippen LogP contribution in [0.5, 0.6) is 0 Å². The number of aromatic nitrogens is 4. The van der Waals surface area contributed by atoms with E-state index in [4.69, 9.17) is 0 Å². The van der Waals surface area contributed by atoms with Crippen molar-refractivity contribution >= 4 is 24.0 Å². The van der Waals surface area contributed by atoms with Gasteiger partial charge in [-0.15, -0.1) is 5.10 Å². The lowest BCUT2D eigenvalue weighted by atomic mass is 10.2. The van der Waals surface area contributed by atoms with Crippen molar-refractivity contribution in [2.45, 2.75) is 13.8 Å². The van der Waals surface area contributed by atoms with Gasteiger partial charge in [0.15, 0.2) is 0 Å². The molecule has 2 aromatic heterocycles. The van der Waals surface area contributed by atoms with Crippen molar-refractivity contribution in [1.29, 1.82) is 0 Å². The number of hydrogen-bond acceptors (Lipinski definition) is 5.